The van der Waals surface area contributed by atoms with Gasteiger partial charge in [0.1, 0.15) is 5.75 Å². The third kappa shape index (κ3) is 4.27. The van der Waals surface area contributed by atoms with Crippen LogP contribution >= 0.6 is 15.9 Å². The second kappa shape index (κ2) is 7.66. The smallest absolute Gasteiger partial charge is 0.133 e. The Bertz CT molecular complexity index is 347. The zero-order valence-corrected chi connectivity index (χ0v) is 11.5. The number of rotatable bonds is 7. The molecule has 1 unspecified atom stereocenters. The van der Waals surface area contributed by atoms with Gasteiger partial charge in [0.2, 0.25) is 0 Å². The molecular formula is C12H19BrN2O2. The number of methoxy groups -OCH3 is 1. The fourth-order valence-corrected chi connectivity index (χ4v) is 2.15. The highest BCUT2D eigenvalue weighted by molar-refractivity contribution is 9.10. The number of benzene rings is 1. The normalized spacial score (nSPS) is 12.5. The van der Waals surface area contributed by atoms with Gasteiger partial charge in [0, 0.05) is 19.2 Å². The van der Waals surface area contributed by atoms with Gasteiger partial charge in [-0.1, -0.05) is 6.07 Å². The molecular weight excluding hydrogens is 284 g/mol. The lowest BCUT2D eigenvalue weighted by atomic mass is 10.1. The summed E-state index contributed by atoms with van der Waals surface area (Å²) in [6.45, 7) is 1.46. The first-order valence-electron chi connectivity index (χ1n) is 5.60. The molecule has 0 radical (unpaired) electrons. The average molecular weight is 303 g/mol. The van der Waals surface area contributed by atoms with Crippen molar-refractivity contribution in [2.24, 2.45) is 5.73 Å². The minimum atomic E-state index is 0.101. The van der Waals surface area contributed by atoms with Crippen LogP contribution in [-0.4, -0.2) is 31.9 Å². The van der Waals surface area contributed by atoms with Gasteiger partial charge in [-0.25, -0.2) is 0 Å². The number of hydrogen-bond donors (Lipinski definition) is 3. The Kier molecular flexibility index (Phi) is 6.50. The third-order valence-electron chi connectivity index (χ3n) is 2.54. The standard InChI is InChI=1S/C12H19BrN2O2/c1-17-12-4-3-9(7-10(12)13)11(8-14)15-5-2-6-16/h3-4,7,11,15-16H,2,5-6,8,14H2,1H3. The van der Waals surface area contributed by atoms with Gasteiger partial charge in [0.15, 0.2) is 0 Å². The van der Waals surface area contributed by atoms with Gasteiger partial charge in [0.25, 0.3) is 0 Å². The highest BCUT2D eigenvalue weighted by Gasteiger charge is 2.10. The van der Waals surface area contributed by atoms with E-state index in [1.165, 1.54) is 0 Å². The highest BCUT2D eigenvalue weighted by Crippen LogP contribution is 2.27. The van der Waals surface area contributed by atoms with Crippen LogP contribution in [0.3, 0.4) is 0 Å². The fraction of sp³-hybridized carbons (Fsp3) is 0.500. The van der Waals surface area contributed by atoms with Crippen molar-refractivity contribution in [3.8, 4) is 5.75 Å². The topological polar surface area (TPSA) is 67.5 Å². The first-order valence-corrected chi connectivity index (χ1v) is 6.40. The van der Waals surface area contributed by atoms with Crippen molar-refractivity contribution in [3.05, 3.63) is 28.2 Å². The Labute approximate surface area is 110 Å². The maximum absolute atomic E-state index is 8.74. The van der Waals surface area contributed by atoms with E-state index in [1.54, 1.807) is 7.11 Å². The van der Waals surface area contributed by atoms with Gasteiger partial charge in [-0.05, 0) is 46.6 Å². The zero-order chi connectivity index (χ0) is 12.7. The molecule has 17 heavy (non-hydrogen) atoms. The molecule has 0 saturated carbocycles. The number of halogens is 1. The predicted molar refractivity (Wildman–Crippen MR) is 72.2 cm³/mol. The van der Waals surface area contributed by atoms with Crippen molar-refractivity contribution in [1.82, 2.24) is 5.32 Å². The second-order valence-corrected chi connectivity index (χ2v) is 4.57. The molecule has 5 heteroatoms. The maximum atomic E-state index is 8.74. The minimum absolute atomic E-state index is 0.101. The number of aliphatic hydroxyl groups is 1. The van der Waals surface area contributed by atoms with Crippen molar-refractivity contribution < 1.29 is 9.84 Å². The molecule has 0 aromatic heterocycles. The van der Waals surface area contributed by atoms with Crippen LogP contribution in [0.2, 0.25) is 0 Å². The number of aliphatic hydroxyl groups excluding tert-OH is 1. The predicted octanol–water partition coefficient (Wildman–Crippen LogP) is 1.43. The molecule has 1 rings (SSSR count). The van der Waals surface area contributed by atoms with E-state index in [9.17, 15) is 0 Å². The van der Waals surface area contributed by atoms with Crippen molar-refractivity contribution in [3.63, 3.8) is 0 Å². The van der Waals surface area contributed by atoms with Crippen LogP contribution in [0.25, 0.3) is 0 Å². The van der Waals surface area contributed by atoms with Gasteiger partial charge in [-0.15, -0.1) is 0 Å². The SMILES string of the molecule is COc1ccc(C(CN)NCCCO)cc1Br. The molecule has 0 bridgehead atoms. The molecule has 0 fully saturated rings. The van der Waals surface area contributed by atoms with Crippen LogP contribution < -0.4 is 15.8 Å². The summed E-state index contributed by atoms with van der Waals surface area (Å²) in [6, 6.07) is 6.01. The monoisotopic (exact) mass is 302 g/mol. The quantitative estimate of drug-likeness (QED) is 0.667. The molecule has 0 saturated heterocycles. The van der Waals surface area contributed by atoms with Crippen molar-refractivity contribution in [1.29, 1.82) is 0 Å². The summed E-state index contributed by atoms with van der Waals surface area (Å²) < 4.78 is 6.10. The van der Waals surface area contributed by atoms with Crippen molar-refractivity contribution >= 4 is 15.9 Å². The molecule has 4 nitrogen and oxygen atoms in total. The number of hydrogen-bond acceptors (Lipinski definition) is 4. The Morgan fingerprint density at radius 1 is 1.53 bits per heavy atom. The van der Waals surface area contributed by atoms with Crippen LogP contribution in [-0.2, 0) is 0 Å². The van der Waals surface area contributed by atoms with E-state index in [2.05, 4.69) is 21.2 Å². The summed E-state index contributed by atoms with van der Waals surface area (Å²) >= 11 is 3.45. The summed E-state index contributed by atoms with van der Waals surface area (Å²) in [5, 5.41) is 12.0. The van der Waals surface area contributed by atoms with E-state index < -0.39 is 0 Å². The Morgan fingerprint density at radius 3 is 2.82 bits per heavy atom. The Hall–Kier alpha value is -0.620. The molecule has 0 spiro atoms. The molecule has 0 heterocycles. The van der Waals surface area contributed by atoms with Gasteiger partial charge in [0.05, 0.1) is 11.6 Å². The first kappa shape index (κ1) is 14.4. The van der Waals surface area contributed by atoms with Crippen LogP contribution in [0.1, 0.15) is 18.0 Å². The van der Waals surface area contributed by atoms with Gasteiger partial charge >= 0.3 is 0 Å². The largest absolute Gasteiger partial charge is 0.496 e. The van der Waals surface area contributed by atoms with E-state index in [0.717, 1.165) is 28.8 Å². The Balaban J connectivity index is 2.71. The lowest BCUT2D eigenvalue weighted by Crippen LogP contribution is -2.29. The van der Waals surface area contributed by atoms with Crippen LogP contribution in [0.15, 0.2) is 22.7 Å². The number of ether oxygens (including phenoxy) is 1. The Morgan fingerprint density at radius 2 is 2.29 bits per heavy atom. The molecule has 0 aliphatic carbocycles. The first-order chi connectivity index (χ1) is 8.22. The van der Waals surface area contributed by atoms with Crippen molar-refractivity contribution in [2.75, 3.05) is 26.8 Å². The lowest BCUT2D eigenvalue weighted by Gasteiger charge is -2.18. The average Bonchev–Trinajstić information content (AvgIpc) is 2.35. The van der Waals surface area contributed by atoms with E-state index >= 15 is 0 Å². The van der Waals surface area contributed by atoms with E-state index in [1.807, 2.05) is 18.2 Å². The lowest BCUT2D eigenvalue weighted by molar-refractivity contribution is 0.283. The van der Waals surface area contributed by atoms with Gasteiger partial charge < -0.3 is 20.9 Å². The van der Waals surface area contributed by atoms with Crippen LogP contribution in [0.4, 0.5) is 0 Å². The molecule has 96 valence electrons. The summed E-state index contributed by atoms with van der Waals surface area (Å²) in [6.07, 6.45) is 0.730. The summed E-state index contributed by atoms with van der Waals surface area (Å²) in [7, 11) is 1.64. The summed E-state index contributed by atoms with van der Waals surface area (Å²) in [4.78, 5) is 0. The molecule has 4 N–H and O–H groups in total. The minimum Gasteiger partial charge on any atom is -0.496 e. The van der Waals surface area contributed by atoms with E-state index in [4.69, 9.17) is 15.6 Å². The van der Waals surface area contributed by atoms with E-state index in [-0.39, 0.29) is 12.6 Å². The molecule has 0 aliphatic heterocycles. The van der Waals surface area contributed by atoms with Crippen LogP contribution in [0, 0.1) is 0 Å². The van der Waals surface area contributed by atoms with E-state index in [0.29, 0.717) is 6.54 Å². The maximum Gasteiger partial charge on any atom is 0.133 e. The summed E-state index contributed by atoms with van der Waals surface area (Å²) in [5.74, 6) is 0.805. The molecule has 0 aliphatic rings. The second-order valence-electron chi connectivity index (χ2n) is 3.71. The molecule has 1 atom stereocenters. The van der Waals surface area contributed by atoms with Crippen LogP contribution in [0.5, 0.6) is 5.75 Å². The third-order valence-corrected chi connectivity index (χ3v) is 3.16. The van der Waals surface area contributed by atoms with Gasteiger partial charge in [-0.3, -0.25) is 0 Å². The molecule has 1 aromatic carbocycles. The molecule has 1 aromatic rings. The number of nitrogens with one attached hydrogen (secondary N) is 1. The fourth-order valence-electron chi connectivity index (χ4n) is 1.59. The van der Waals surface area contributed by atoms with Gasteiger partial charge in [-0.2, -0.15) is 0 Å². The number of nitrogens with two attached hydrogens (primary N) is 1. The molecule has 0 amide bonds. The zero-order valence-electron chi connectivity index (χ0n) is 9.95. The summed E-state index contributed by atoms with van der Waals surface area (Å²) in [5.41, 5.74) is 6.85. The van der Waals surface area contributed by atoms with Crippen molar-refractivity contribution in [2.45, 2.75) is 12.5 Å². The highest BCUT2D eigenvalue weighted by atomic mass is 79.9.